The average Bonchev–Trinajstić information content (AvgIpc) is 2.48. The van der Waals surface area contributed by atoms with Gasteiger partial charge in [-0.05, 0) is 49.4 Å². The maximum Gasteiger partial charge on any atom is 0.438 e. The predicted octanol–water partition coefficient (Wildman–Crippen LogP) is 4.52. The number of alkyl halides is 6. The van der Waals surface area contributed by atoms with Crippen molar-refractivity contribution in [2.45, 2.75) is 70.3 Å². The monoisotopic (exact) mass is 454 g/mol. The van der Waals surface area contributed by atoms with Gasteiger partial charge < -0.3 is 4.74 Å². The first kappa shape index (κ1) is 24.2. The smallest absolute Gasteiger partial charge is 0.438 e. The van der Waals surface area contributed by atoms with Gasteiger partial charge in [-0.2, -0.15) is 34.8 Å². The van der Waals surface area contributed by atoms with Crippen LogP contribution in [0.2, 0.25) is 0 Å². The SMILES string of the molecule is CCC1CC2CC(C(=O)OC(CS(=O)(=O)O)(C(F)(F)F)C(F)(F)F)CC(C)(C1)C2. The van der Waals surface area contributed by atoms with E-state index < -0.39 is 51.1 Å². The second kappa shape index (κ2) is 7.58. The molecule has 0 heterocycles. The summed E-state index contributed by atoms with van der Waals surface area (Å²) in [5.74, 6) is -5.45. The predicted molar refractivity (Wildman–Crippen MR) is 89.3 cm³/mol. The molecule has 0 aromatic carbocycles. The first-order chi connectivity index (χ1) is 12.9. The van der Waals surface area contributed by atoms with Gasteiger partial charge in [0, 0.05) is 0 Å². The van der Waals surface area contributed by atoms with Crippen LogP contribution in [0.5, 0.6) is 0 Å². The summed E-state index contributed by atoms with van der Waals surface area (Å²) in [5, 5.41) is 0. The zero-order chi connectivity index (χ0) is 22.5. The molecule has 2 bridgehead atoms. The number of rotatable bonds is 5. The van der Waals surface area contributed by atoms with Crippen molar-refractivity contribution < 1.29 is 48.8 Å². The van der Waals surface area contributed by atoms with Crippen molar-refractivity contribution in [1.29, 1.82) is 0 Å². The summed E-state index contributed by atoms with van der Waals surface area (Å²) < 4.78 is 115. The van der Waals surface area contributed by atoms with Gasteiger partial charge in [0.1, 0.15) is 5.75 Å². The van der Waals surface area contributed by atoms with Crippen LogP contribution in [-0.2, 0) is 19.6 Å². The molecule has 5 nitrogen and oxygen atoms in total. The van der Waals surface area contributed by atoms with E-state index in [-0.39, 0.29) is 18.8 Å². The summed E-state index contributed by atoms with van der Waals surface area (Å²) >= 11 is 0. The van der Waals surface area contributed by atoms with Crippen molar-refractivity contribution in [2.24, 2.45) is 23.2 Å². The largest absolute Gasteiger partial charge is 0.438 e. The maximum atomic E-state index is 13.4. The zero-order valence-corrected chi connectivity index (χ0v) is 16.8. The van der Waals surface area contributed by atoms with E-state index in [9.17, 15) is 39.6 Å². The van der Waals surface area contributed by atoms with Crippen LogP contribution in [0.3, 0.4) is 0 Å². The minimum Gasteiger partial charge on any atom is -0.438 e. The Morgan fingerprint density at radius 1 is 1.07 bits per heavy atom. The number of ether oxygens (including phenoxy) is 1. The molecule has 4 atom stereocenters. The third kappa shape index (κ3) is 5.18. The first-order valence-corrected chi connectivity index (χ1v) is 10.8. The molecular weight excluding hydrogens is 430 g/mol. The molecule has 0 amide bonds. The molecule has 4 unspecified atom stereocenters. The average molecular weight is 454 g/mol. The molecule has 2 rings (SSSR count). The van der Waals surface area contributed by atoms with Gasteiger partial charge in [-0.25, -0.2) is 0 Å². The maximum absolute atomic E-state index is 13.4. The number of halogens is 6. The highest BCUT2D eigenvalue weighted by Gasteiger charge is 2.76. The molecule has 1 N–H and O–H groups in total. The van der Waals surface area contributed by atoms with Gasteiger partial charge in [0.15, 0.2) is 0 Å². The van der Waals surface area contributed by atoms with Crippen molar-refractivity contribution in [3.8, 4) is 0 Å². The van der Waals surface area contributed by atoms with Crippen LogP contribution in [0.1, 0.15) is 52.4 Å². The Morgan fingerprint density at radius 2 is 1.62 bits per heavy atom. The van der Waals surface area contributed by atoms with Crippen LogP contribution in [0, 0.1) is 23.2 Å². The van der Waals surface area contributed by atoms with Gasteiger partial charge in [0.05, 0.1) is 5.92 Å². The number of carbonyl (C=O) groups excluding carboxylic acids is 1. The quantitative estimate of drug-likeness (QED) is 0.375. The van der Waals surface area contributed by atoms with Crippen molar-refractivity contribution in [2.75, 3.05) is 5.75 Å². The highest BCUT2D eigenvalue weighted by Crippen LogP contribution is 2.54. The van der Waals surface area contributed by atoms with E-state index in [2.05, 4.69) is 4.74 Å². The number of fused-ring (bicyclic) bond motifs is 2. The van der Waals surface area contributed by atoms with Crippen LogP contribution in [0.25, 0.3) is 0 Å². The van der Waals surface area contributed by atoms with E-state index in [1.165, 1.54) is 0 Å². The van der Waals surface area contributed by atoms with Crippen molar-refractivity contribution >= 4 is 16.1 Å². The molecule has 29 heavy (non-hydrogen) atoms. The Bertz CT molecular complexity index is 718. The van der Waals surface area contributed by atoms with E-state index in [0.717, 1.165) is 19.3 Å². The normalized spacial score (nSPS) is 31.4. The molecule has 0 spiro atoms. The minimum absolute atomic E-state index is 0.0299. The lowest BCUT2D eigenvalue weighted by Crippen LogP contribution is -2.64. The van der Waals surface area contributed by atoms with Crippen LogP contribution >= 0.6 is 0 Å². The molecule has 12 heteroatoms. The fourth-order valence-electron chi connectivity index (χ4n) is 5.01. The van der Waals surface area contributed by atoms with E-state index in [1.807, 2.05) is 13.8 Å². The van der Waals surface area contributed by atoms with Crippen LogP contribution in [0.15, 0.2) is 0 Å². The Hall–Kier alpha value is -1.04. The molecule has 2 aliphatic rings. The lowest BCUT2D eigenvalue weighted by Gasteiger charge is -2.49. The van der Waals surface area contributed by atoms with Crippen molar-refractivity contribution in [3.63, 3.8) is 0 Å². The van der Waals surface area contributed by atoms with E-state index in [1.54, 1.807) is 0 Å². The standard InChI is InChI=1S/C17H24F6O5S/c1-3-10-4-11-5-12(8-14(2,6-10)7-11)13(24)28-15(16(18,19)20,17(21,22)23)9-29(25,26)27/h10-12H,3-9H2,1-2H3,(H,25,26,27). The van der Waals surface area contributed by atoms with Gasteiger partial charge in [0.2, 0.25) is 0 Å². The van der Waals surface area contributed by atoms with Gasteiger partial charge >= 0.3 is 23.9 Å². The molecule has 2 aliphatic carbocycles. The van der Waals surface area contributed by atoms with Gasteiger partial charge in [-0.3, -0.25) is 9.35 Å². The summed E-state index contributed by atoms with van der Waals surface area (Å²) in [6.45, 7) is 3.84. The molecule has 2 fully saturated rings. The molecule has 0 radical (unpaired) electrons. The Morgan fingerprint density at radius 3 is 2.03 bits per heavy atom. The summed E-state index contributed by atoms with van der Waals surface area (Å²) in [5.41, 5.74) is -5.74. The van der Waals surface area contributed by atoms with Crippen LogP contribution < -0.4 is 0 Å². The third-order valence-corrected chi connectivity index (χ3v) is 6.84. The Kier molecular flexibility index (Phi) is 6.33. The van der Waals surface area contributed by atoms with E-state index >= 15 is 0 Å². The second-order valence-corrected chi connectivity index (χ2v) is 10.2. The summed E-state index contributed by atoms with van der Waals surface area (Å²) in [7, 11) is -5.78. The van der Waals surface area contributed by atoms with Crippen LogP contribution in [-0.4, -0.2) is 42.6 Å². The Labute approximate surface area is 164 Å². The Balaban J connectivity index is 2.33. The van der Waals surface area contributed by atoms with Gasteiger partial charge in [-0.15, -0.1) is 0 Å². The topological polar surface area (TPSA) is 80.7 Å². The third-order valence-electron chi connectivity index (χ3n) is 6.07. The second-order valence-electron chi connectivity index (χ2n) is 8.70. The summed E-state index contributed by atoms with van der Waals surface area (Å²) in [4.78, 5) is 12.4. The highest BCUT2D eigenvalue weighted by molar-refractivity contribution is 7.85. The number of carbonyl (C=O) groups is 1. The molecule has 0 aliphatic heterocycles. The van der Waals surface area contributed by atoms with Crippen LogP contribution in [0.4, 0.5) is 26.3 Å². The van der Waals surface area contributed by atoms with E-state index in [4.69, 9.17) is 4.55 Å². The van der Waals surface area contributed by atoms with Gasteiger partial charge in [-0.1, -0.05) is 20.3 Å². The number of esters is 1. The summed E-state index contributed by atoms with van der Waals surface area (Å²) in [6, 6.07) is 0. The molecule has 0 aromatic rings. The lowest BCUT2D eigenvalue weighted by molar-refractivity contribution is -0.362. The molecule has 0 saturated heterocycles. The zero-order valence-electron chi connectivity index (χ0n) is 15.9. The molecule has 0 aromatic heterocycles. The van der Waals surface area contributed by atoms with Gasteiger partial charge in [0.25, 0.3) is 10.1 Å². The summed E-state index contributed by atoms with van der Waals surface area (Å²) in [6.07, 6.45) is -9.39. The number of hydrogen-bond donors (Lipinski definition) is 1. The highest BCUT2D eigenvalue weighted by atomic mass is 32.2. The fraction of sp³-hybridized carbons (Fsp3) is 0.941. The molecule has 2 saturated carbocycles. The molecular formula is C17H24F6O5S. The lowest BCUT2D eigenvalue weighted by atomic mass is 9.57. The minimum atomic E-state index is -6.29. The molecule has 170 valence electrons. The van der Waals surface area contributed by atoms with Crippen molar-refractivity contribution in [3.05, 3.63) is 0 Å². The first-order valence-electron chi connectivity index (χ1n) is 9.23. The van der Waals surface area contributed by atoms with Crippen molar-refractivity contribution in [1.82, 2.24) is 0 Å². The van der Waals surface area contributed by atoms with E-state index in [0.29, 0.717) is 12.3 Å². The fourth-order valence-corrected chi connectivity index (χ4v) is 5.91. The number of hydrogen-bond acceptors (Lipinski definition) is 4.